The van der Waals surface area contributed by atoms with E-state index in [1.165, 1.54) is 6.92 Å². The number of hydrogen-bond acceptors (Lipinski definition) is 10. The van der Waals surface area contributed by atoms with Gasteiger partial charge in [0.2, 0.25) is 17.8 Å². The van der Waals surface area contributed by atoms with Gasteiger partial charge < -0.3 is 9.47 Å². The fraction of sp³-hybridized carbons (Fsp3) is 0.143. The number of para-hydroxylation sites is 2. The lowest BCUT2D eigenvalue weighted by molar-refractivity contribution is -0.423. The summed E-state index contributed by atoms with van der Waals surface area (Å²) in [5.74, 6) is -1.03. The maximum absolute atomic E-state index is 11.2. The van der Waals surface area contributed by atoms with Crippen LogP contribution in [0.2, 0.25) is 0 Å². The van der Waals surface area contributed by atoms with Crippen molar-refractivity contribution in [1.82, 2.24) is 0 Å². The van der Waals surface area contributed by atoms with Crippen molar-refractivity contribution in [2.24, 2.45) is 0 Å². The van der Waals surface area contributed by atoms with Crippen LogP contribution in [0.1, 0.15) is 6.92 Å². The van der Waals surface area contributed by atoms with Gasteiger partial charge in [0, 0.05) is 19.1 Å². The highest BCUT2D eigenvalue weighted by atomic mass is 16.7. The van der Waals surface area contributed by atoms with Gasteiger partial charge in [-0.2, -0.15) is 0 Å². The van der Waals surface area contributed by atoms with E-state index in [0.717, 1.165) is 36.4 Å². The lowest BCUT2D eigenvalue weighted by Crippen LogP contribution is -2.21. The number of nitro benzene ring substituents is 4. The topological polar surface area (TPSA) is 191 Å². The van der Waals surface area contributed by atoms with E-state index in [1.807, 2.05) is 0 Å². The number of benzene rings is 2. The fourth-order valence-electron chi connectivity index (χ4n) is 2.26. The molecule has 0 aliphatic rings. The van der Waals surface area contributed by atoms with Crippen LogP contribution in [-0.2, 0) is 0 Å². The van der Waals surface area contributed by atoms with E-state index in [2.05, 4.69) is 0 Å². The van der Waals surface area contributed by atoms with Crippen LogP contribution in [0.15, 0.2) is 36.4 Å². The molecule has 0 N–H and O–H groups in total. The molecule has 0 amide bonds. The average molecular weight is 394 g/mol. The molecular weight excluding hydrogens is 384 g/mol. The van der Waals surface area contributed by atoms with E-state index in [-0.39, 0.29) is 0 Å². The van der Waals surface area contributed by atoms with E-state index in [0.29, 0.717) is 0 Å². The van der Waals surface area contributed by atoms with Gasteiger partial charge in [0.25, 0.3) is 0 Å². The minimum absolute atomic E-state index is 0.514. The number of rotatable bonds is 8. The van der Waals surface area contributed by atoms with Gasteiger partial charge in [0.15, 0.2) is 0 Å². The van der Waals surface area contributed by atoms with E-state index in [1.54, 1.807) is 0 Å². The predicted molar refractivity (Wildman–Crippen MR) is 90.2 cm³/mol. The van der Waals surface area contributed by atoms with Crippen molar-refractivity contribution in [3.05, 3.63) is 76.9 Å². The minimum Gasteiger partial charge on any atom is -0.448 e. The Balaban J connectivity index is 2.38. The molecule has 0 aliphatic carbocycles. The van der Waals surface area contributed by atoms with Crippen LogP contribution in [-0.4, -0.2) is 26.0 Å². The molecule has 0 saturated heterocycles. The first-order valence-electron chi connectivity index (χ1n) is 7.30. The monoisotopic (exact) mass is 394 g/mol. The van der Waals surface area contributed by atoms with E-state index in [9.17, 15) is 40.5 Å². The summed E-state index contributed by atoms with van der Waals surface area (Å²) in [5, 5.41) is 44.2. The van der Waals surface area contributed by atoms with E-state index in [4.69, 9.17) is 9.47 Å². The van der Waals surface area contributed by atoms with Crippen LogP contribution in [0.5, 0.6) is 11.5 Å². The highest BCUT2D eigenvalue weighted by Gasteiger charge is 2.33. The van der Waals surface area contributed by atoms with Crippen molar-refractivity contribution in [3.8, 4) is 11.5 Å². The zero-order valence-corrected chi connectivity index (χ0v) is 13.9. The van der Waals surface area contributed by atoms with Crippen LogP contribution < -0.4 is 9.47 Å². The van der Waals surface area contributed by atoms with Gasteiger partial charge in [0.1, 0.15) is 0 Å². The molecule has 0 heterocycles. The molecule has 0 bridgehead atoms. The second-order valence-electron chi connectivity index (χ2n) is 5.08. The zero-order valence-electron chi connectivity index (χ0n) is 13.9. The molecular formula is C14H10N4O10. The third kappa shape index (κ3) is 4.06. The van der Waals surface area contributed by atoms with Crippen molar-refractivity contribution in [1.29, 1.82) is 0 Å². The van der Waals surface area contributed by atoms with Crippen molar-refractivity contribution >= 4 is 22.7 Å². The minimum atomic E-state index is -1.42. The Hall–Kier alpha value is -4.36. The first-order valence-corrected chi connectivity index (χ1v) is 7.30. The Morgan fingerprint density at radius 2 is 1.04 bits per heavy atom. The third-order valence-corrected chi connectivity index (χ3v) is 3.30. The summed E-state index contributed by atoms with van der Waals surface area (Å²) in [6.07, 6.45) is -1.42. The van der Waals surface area contributed by atoms with Crippen LogP contribution in [0, 0.1) is 40.5 Å². The summed E-state index contributed by atoms with van der Waals surface area (Å²) in [6, 6.07) is 6.25. The molecule has 2 rings (SSSR count). The number of ether oxygens (including phenoxy) is 2. The maximum atomic E-state index is 11.2. The summed E-state index contributed by atoms with van der Waals surface area (Å²) in [4.78, 5) is 40.3. The molecule has 2 aromatic carbocycles. The van der Waals surface area contributed by atoms with Crippen LogP contribution in [0.3, 0.4) is 0 Å². The Bertz CT molecular complexity index is 899. The summed E-state index contributed by atoms with van der Waals surface area (Å²) >= 11 is 0. The maximum Gasteiger partial charge on any atom is 0.387 e. The molecule has 0 fully saturated rings. The molecule has 14 heteroatoms. The Morgan fingerprint density at radius 3 is 1.32 bits per heavy atom. The smallest absolute Gasteiger partial charge is 0.387 e. The molecule has 146 valence electrons. The summed E-state index contributed by atoms with van der Waals surface area (Å²) in [5.41, 5.74) is -3.51. The summed E-state index contributed by atoms with van der Waals surface area (Å²) in [6.45, 7) is 1.20. The fourth-order valence-corrected chi connectivity index (χ4v) is 2.26. The molecule has 28 heavy (non-hydrogen) atoms. The quantitative estimate of drug-likeness (QED) is 0.365. The highest BCUT2D eigenvalue weighted by Crippen LogP contribution is 2.39. The van der Waals surface area contributed by atoms with Gasteiger partial charge >= 0.3 is 22.7 Å². The summed E-state index contributed by atoms with van der Waals surface area (Å²) < 4.78 is 10.4. The first kappa shape index (κ1) is 20.0. The van der Waals surface area contributed by atoms with Gasteiger partial charge in [0.05, 0.1) is 19.7 Å². The largest absolute Gasteiger partial charge is 0.448 e. The van der Waals surface area contributed by atoms with Crippen LogP contribution in [0.25, 0.3) is 0 Å². The molecule has 0 saturated carbocycles. The van der Waals surface area contributed by atoms with Crippen molar-refractivity contribution in [2.75, 3.05) is 0 Å². The Morgan fingerprint density at radius 1 is 0.679 bits per heavy atom. The van der Waals surface area contributed by atoms with E-state index >= 15 is 0 Å². The number of nitrogens with zero attached hydrogens (tertiary/aromatic N) is 4. The number of nitro groups is 4. The van der Waals surface area contributed by atoms with Gasteiger partial charge in [-0.3, -0.25) is 40.5 Å². The van der Waals surface area contributed by atoms with Gasteiger partial charge in [-0.25, -0.2) is 0 Å². The zero-order chi connectivity index (χ0) is 21.0. The second-order valence-corrected chi connectivity index (χ2v) is 5.08. The molecule has 0 spiro atoms. The van der Waals surface area contributed by atoms with Crippen LogP contribution >= 0.6 is 0 Å². The molecule has 0 unspecified atom stereocenters. The van der Waals surface area contributed by atoms with Gasteiger partial charge in [-0.05, 0) is 12.1 Å². The van der Waals surface area contributed by atoms with Crippen molar-refractivity contribution < 1.29 is 29.2 Å². The number of hydrogen-bond donors (Lipinski definition) is 0. The molecule has 2 aromatic rings. The molecule has 0 aliphatic heterocycles. The normalized spacial score (nSPS) is 10.4. The second kappa shape index (κ2) is 7.90. The predicted octanol–water partition coefficient (Wildman–Crippen LogP) is 3.12. The van der Waals surface area contributed by atoms with Crippen LogP contribution in [0.4, 0.5) is 22.7 Å². The molecule has 14 nitrogen and oxygen atoms in total. The lowest BCUT2D eigenvalue weighted by Gasteiger charge is -2.16. The Labute approximate surface area is 154 Å². The van der Waals surface area contributed by atoms with E-state index < -0.39 is 60.2 Å². The van der Waals surface area contributed by atoms with Crippen molar-refractivity contribution in [2.45, 2.75) is 13.2 Å². The Kier molecular flexibility index (Phi) is 5.63. The third-order valence-electron chi connectivity index (χ3n) is 3.30. The molecule has 0 atom stereocenters. The van der Waals surface area contributed by atoms with Gasteiger partial charge in [-0.1, -0.05) is 12.1 Å². The first-order chi connectivity index (χ1) is 13.1. The SMILES string of the molecule is CC(Oc1cccc([N+](=O)[O-])c1[N+](=O)[O-])Oc1cccc([N+](=O)[O-])c1[N+](=O)[O-]. The summed E-state index contributed by atoms with van der Waals surface area (Å²) in [7, 11) is 0. The molecule has 0 radical (unpaired) electrons. The standard InChI is InChI=1S/C14H10N4O10/c1-8(27-11-6-2-4-9(15(19)20)13(11)17(23)24)28-12-7-3-5-10(16(21)22)14(12)18(25)26/h2-8H,1H3. The average Bonchev–Trinajstić information content (AvgIpc) is 2.60. The van der Waals surface area contributed by atoms with Gasteiger partial charge in [-0.15, -0.1) is 0 Å². The highest BCUT2D eigenvalue weighted by molar-refractivity contribution is 5.62. The lowest BCUT2D eigenvalue weighted by atomic mass is 10.2. The molecule has 0 aromatic heterocycles. The van der Waals surface area contributed by atoms with Crippen molar-refractivity contribution in [3.63, 3.8) is 0 Å².